The van der Waals surface area contributed by atoms with E-state index in [2.05, 4.69) is 26.2 Å². The van der Waals surface area contributed by atoms with E-state index in [0.29, 0.717) is 23.0 Å². The third-order valence-corrected chi connectivity index (χ3v) is 3.99. The number of hydrogen-bond acceptors (Lipinski definition) is 4. The van der Waals surface area contributed by atoms with E-state index in [-0.39, 0.29) is 12.5 Å². The number of oxazole rings is 1. The lowest BCUT2D eigenvalue weighted by Gasteiger charge is -2.11. The first-order chi connectivity index (χ1) is 12.0. The van der Waals surface area contributed by atoms with Crippen LogP contribution in [0.2, 0.25) is 0 Å². The molecule has 0 aliphatic carbocycles. The second kappa shape index (κ2) is 7.53. The summed E-state index contributed by atoms with van der Waals surface area (Å²) in [6, 6.07) is 13.3. The van der Waals surface area contributed by atoms with Crippen molar-refractivity contribution in [3.8, 4) is 17.2 Å². The molecule has 6 heteroatoms. The standard InChI is InChI=1S/C19H17BrN2O3/c1-12-3-8-17(21-13(2)23)18(9-12)24-10-16-11-25-19(22-16)14-4-6-15(20)7-5-14/h3-9,11H,10H2,1-2H3,(H,21,23). The van der Waals surface area contributed by atoms with E-state index in [1.807, 2.05) is 49.4 Å². The number of carbonyl (C=O) groups is 1. The lowest BCUT2D eigenvalue weighted by molar-refractivity contribution is -0.114. The predicted molar refractivity (Wildman–Crippen MR) is 99.5 cm³/mol. The summed E-state index contributed by atoms with van der Waals surface area (Å²) in [5.74, 6) is 0.994. The number of aromatic nitrogens is 1. The number of rotatable bonds is 5. The van der Waals surface area contributed by atoms with Crippen LogP contribution in [-0.4, -0.2) is 10.9 Å². The van der Waals surface area contributed by atoms with Crippen LogP contribution in [0.25, 0.3) is 11.5 Å². The van der Waals surface area contributed by atoms with Gasteiger partial charge in [0.05, 0.1) is 5.69 Å². The smallest absolute Gasteiger partial charge is 0.226 e. The fourth-order valence-corrected chi connectivity index (χ4v) is 2.56. The summed E-state index contributed by atoms with van der Waals surface area (Å²) >= 11 is 3.40. The molecule has 3 aromatic rings. The molecule has 1 heterocycles. The van der Waals surface area contributed by atoms with Crippen molar-refractivity contribution in [2.45, 2.75) is 20.5 Å². The molecule has 1 amide bonds. The van der Waals surface area contributed by atoms with Gasteiger partial charge >= 0.3 is 0 Å². The monoisotopic (exact) mass is 400 g/mol. The summed E-state index contributed by atoms with van der Waals surface area (Å²) in [5, 5.41) is 2.76. The van der Waals surface area contributed by atoms with E-state index in [1.54, 1.807) is 6.26 Å². The van der Waals surface area contributed by atoms with Gasteiger partial charge in [0.2, 0.25) is 11.8 Å². The summed E-state index contributed by atoms with van der Waals surface area (Å²) in [5.41, 5.74) is 3.24. The van der Waals surface area contributed by atoms with Gasteiger partial charge in [-0.05, 0) is 48.9 Å². The quantitative estimate of drug-likeness (QED) is 0.657. The van der Waals surface area contributed by atoms with Crippen LogP contribution < -0.4 is 10.1 Å². The Morgan fingerprint density at radius 2 is 2.00 bits per heavy atom. The molecule has 0 aliphatic heterocycles. The summed E-state index contributed by atoms with van der Waals surface area (Å²) < 4.78 is 12.3. The number of anilines is 1. The highest BCUT2D eigenvalue weighted by Gasteiger charge is 2.10. The Balaban J connectivity index is 1.73. The minimum Gasteiger partial charge on any atom is -0.485 e. The van der Waals surface area contributed by atoms with E-state index >= 15 is 0 Å². The van der Waals surface area contributed by atoms with Gasteiger partial charge in [-0.2, -0.15) is 0 Å². The van der Waals surface area contributed by atoms with E-state index in [4.69, 9.17) is 9.15 Å². The topological polar surface area (TPSA) is 64.4 Å². The van der Waals surface area contributed by atoms with E-state index in [1.165, 1.54) is 6.92 Å². The van der Waals surface area contributed by atoms with Crippen molar-refractivity contribution < 1.29 is 13.9 Å². The molecule has 0 saturated heterocycles. The summed E-state index contributed by atoms with van der Waals surface area (Å²) in [6.07, 6.45) is 1.57. The third-order valence-electron chi connectivity index (χ3n) is 3.47. The first-order valence-corrected chi connectivity index (χ1v) is 8.52. The molecule has 3 rings (SSSR count). The molecule has 0 radical (unpaired) electrons. The normalized spacial score (nSPS) is 10.5. The molecule has 0 saturated carbocycles. The van der Waals surface area contributed by atoms with E-state index < -0.39 is 0 Å². The van der Waals surface area contributed by atoms with Crippen molar-refractivity contribution in [1.29, 1.82) is 0 Å². The predicted octanol–water partition coefficient (Wildman–Crippen LogP) is 4.95. The maximum absolute atomic E-state index is 11.3. The van der Waals surface area contributed by atoms with Gasteiger partial charge in [-0.3, -0.25) is 4.79 Å². The Morgan fingerprint density at radius 1 is 1.24 bits per heavy atom. The Hall–Kier alpha value is -2.60. The zero-order chi connectivity index (χ0) is 17.8. The van der Waals surface area contributed by atoms with Crippen LogP contribution in [0.5, 0.6) is 5.75 Å². The first-order valence-electron chi connectivity index (χ1n) is 7.72. The summed E-state index contributed by atoms with van der Waals surface area (Å²) in [4.78, 5) is 15.8. The molecule has 0 aliphatic rings. The number of hydrogen-bond donors (Lipinski definition) is 1. The minimum atomic E-state index is -0.146. The fraction of sp³-hybridized carbons (Fsp3) is 0.158. The molecule has 128 valence electrons. The summed E-state index contributed by atoms with van der Waals surface area (Å²) in [7, 11) is 0. The van der Waals surface area contributed by atoms with Crippen LogP contribution in [0, 0.1) is 6.92 Å². The Morgan fingerprint density at radius 3 is 2.72 bits per heavy atom. The Labute approximate surface area is 154 Å². The number of carbonyl (C=O) groups excluding carboxylic acids is 1. The van der Waals surface area contributed by atoms with Crippen LogP contribution in [0.4, 0.5) is 5.69 Å². The second-order valence-electron chi connectivity index (χ2n) is 5.62. The van der Waals surface area contributed by atoms with Crippen molar-refractivity contribution in [3.05, 3.63) is 64.5 Å². The van der Waals surface area contributed by atoms with Crippen LogP contribution >= 0.6 is 15.9 Å². The third kappa shape index (κ3) is 4.48. The molecule has 0 fully saturated rings. The van der Waals surface area contributed by atoms with Gasteiger partial charge in [-0.1, -0.05) is 22.0 Å². The number of amides is 1. The SMILES string of the molecule is CC(=O)Nc1ccc(C)cc1OCc1coc(-c2ccc(Br)cc2)n1. The van der Waals surface area contributed by atoms with E-state index in [9.17, 15) is 4.79 Å². The van der Waals surface area contributed by atoms with Crippen molar-refractivity contribution in [3.63, 3.8) is 0 Å². The van der Waals surface area contributed by atoms with Gasteiger partial charge in [0.1, 0.15) is 24.3 Å². The lowest BCUT2D eigenvalue weighted by Crippen LogP contribution is -2.08. The molecule has 1 aromatic heterocycles. The molecule has 0 bridgehead atoms. The molecule has 0 atom stereocenters. The molecular weight excluding hydrogens is 384 g/mol. The van der Waals surface area contributed by atoms with Crippen LogP contribution in [0.3, 0.4) is 0 Å². The molecule has 2 aromatic carbocycles. The zero-order valence-electron chi connectivity index (χ0n) is 13.9. The number of nitrogens with zero attached hydrogens (tertiary/aromatic N) is 1. The maximum Gasteiger partial charge on any atom is 0.226 e. The average molecular weight is 401 g/mol. The van der Waals surface area contributed by atoms with Crippen molar-refractivity contribution in [2.75, 3.05) is 5.32 Å². The van der Waals surface area contributed by atoms with Crippen LogP contribution in [0.1, 0.15) is 18.2 Å². The van der Waals surface area contributed by atoms with Gasteiger partial charge in [-0.25, -0.2) is 4.98 Å². The number of aryl methyl sites for hydroxylation is 1. The Kier molecular flexibility index (Phi) is 5.19. The van der Waals surface area contributed by atoms with Crippen molar-refractivity contribution in [1.82, 2.24) is 4.98 Å². The van der Waals surface area contributed by atoms with E-state index in [0.717, 1.165) is 15.6 Å². The number of ether oxygens (including phenoxy) is 1. The highest BCUT2D eigenvalue weighted by atomic mass is 79.9. The van der Waals surface area contributed by atoms with Crippen molar-refractivity contribution >= 4 is 27.5 Å². The summed E-state index contributed by atoms with van der Waals surface area (Å²) in [6.45, 7) is 3.67. The largest absolute Gasteiger partial charge is 0.485 e. The highest BCUT2D eigenvalue weighted by molar-refractivity contribution is 9.10. The Bertz CT molecular complexity index is 888. The number of nitrogens with one attached hydrogen (secondary N) is 1. The molecule has 0 unspecified atom stereocenters. The van der Waals surface area contributed by atoms with Crippen LogP contribution in [0.15, 0.2) is 57.6 Å². The van der Waals surface area contributed by atoms with Gasteiger partial charge in [0.25, 0.3) is 0 Å². The minimum absolute atomic E-state index is 0.146. The van der Waals surface area contributed by atoms with Gasteiger partial charge in [-0.15, -0.1) is 0 Å². The van der Waals surface area contributed by atoms with Gasteiger partial charge < -0.3 is 14.5 Å². The molecule has 1 N–H and O–H groups in total. The molecule has 0 spiro atoms. The average Bonchev–Trinajstić information content (AvgIpc) is 3.04. The zero-order valence-corrected chi connectivity index (χ0v) is 15.5. The van der Waals surface area contributed by atoms with Crippen LogP contribution in [-0.2, 0) is 11.4 Å². The highest BCUT2D eigenvalue weighted by Crippen LogP contribution is 2.27. The number of halogens is 1. The molecule has 25 heavy (non-hydrogen) atoms. The lowest BCUT2D eigenvalue weighted by atomic mass is 10.2. The van der Waals surface area contributed by atoms with Gasteiger partial charge in [0, 0.05) is 17.0 Å². The fourth-order valence-electron chi connectivity index (χ4n) is 2.29. The second-order valence-corrected chi connectivity index (χ2v) is 6.54. The molecular formula is C19H17BrN2O3. The van der Waals surface area contributed by atoms with Gasteiger partial charge in [0.15, 0.2) is 0 Å². The number of benzene rings is 2. The van der Waals surface area contributed by atoms with Crippen molar-refractivity contribution in [2.24, 2.45) is 0 Å². The maximum atomic E-state index is 11.3. The molecule has 5 nitrogen and oxygen atoms in total. The first kappa shape index (κ1) is 17.2.